The molecule has 3 aromatic rings. The highest BCUT2D eigenvalue weighted by molar-refractivity contribution is 5.90. The fourth-order valence-electron chi connectivity index (χ4n) is 5.19. The molecule has 35 heavy (non-hydrogen) atoms. The van der Waals surface area contributed by atoms with Gasteiger partial charge in [0.05, 0.1) is 6.54 Å². The lowest BCUT2D eigenvalue weighted by Gasteiger charge is -2.54. The number of primary amides is 1. The van der Waals surface area contributed by atoms with Crippen LogP contribution in [0.15, 0.2) is 53.2 Å². The smallest absolute Gasteiger partial charge is 0.407 e. The van der Waals surface area contributed by atoms with Crippen LogP contribution in [0.3, 0.4) is 0 Å². The highest BCUT2D eigenvalue weighted by atomic mass is 19.1. The first-order valence-electron chi connectivity index (χ1n) is 11.5. The maximum absolute atomic E-state index is 13.2. The summed E-state index contributed by atoms with van der Waals surface area (Å²) in [5, 5.41) is 13.3. The van der Waals surface area contributed by atoms with E-state index in [1.807, 2.05) is 18.3 Å². The number of carbonyl (C=O) groups excluding carboxylic acids is 1. The topological polar surface area (TPSA) is 126 Å². The van der Waals surface area contributed by atoms with Gasteiger partial charge in [0, 0.05) is 37.0 Å². The van der Waals surface area contributed by atoms with Gasteiger partial charge in [-0.2, -0.15) is 0 Å². The van der Waals surface area contributed by atoms with E-state index < -0.39 is 12.0 Å². The van der Waals surface area contributed by atoms with Crippen molar-refractivity contribution in [2.45, 2.75) is 38.3 Å². The Morgan fingerprint density at radius 3 is 2.40 bits per heavy atom. The zero-order chi connectivity index (χ0) is 24.6. The summed E-state index contributed by atoms with van der Waals surface area (Å²) in [6.45, 7) is 1.74. The Morgan fingerprint density at radius 2 is 1.83 bits per heavy atom. The maximum Gasteiger partial charge on any atom is 0.407 e. The first-order valence-corrected chi connectivity index (χ1v) is 11.5. The van der Waals surface area contributed by atoms with Crippen LogP contribution < -0.4 is 10.6 Å². The van der Waals surface area contributed by atoms with E-state index in [9.17, 15) is 19.1 Å². The van der Waals surface area contributed by atoms with E-state index in [1.54, 1.807) is 12.1 Å². The molecule has 1 saturated carbocycles. The summed E-state index contributed by atoms with van der Waals surface area (Å²) >= 11 is 0. The van der Waals surface area contributed by atoms with Gasteiger partial charge in [0.2, 0.25) is 0 Å². The van der Waals surface area contributed by atoms with Crippen LogP contribution in [0.4, 0.5) is 15.0 Å². The molecule has 1 aromatic carbocycles. The minimum Gasteiger partial charge on any atom is -0.465 e. The molecular formula is C25H26FN5O4. The molecule has 0 radical (unpaired) electrons. The van der Waals surface area contributed by atoms with Gasteiger partial charge in [-0.15, -0.1) is 0 Å². The Hall–Kier alpha value is -3.95. The molecule has 2 fully saturated rings. The third kappa shape index (κ3) is 4.68. The molecular weight excluding hydrogens is 453 g/mol. The summed E-state index contributed by atoms with van der Waals surface area (Å²) in [4.78, 5) is 31.3. The van der Waals surface area contributed by atoms with Gasteiger partial charge in [-0.05, 0) is 60.9 Å². The molecule has 0 bridgehead atoms. The normalized spacial score (nSPS) is 17.2. The largest absolute Gasteiger partial charge is 0.465 e. The number of piperidine rings is 1. The fourth-order valence-corrected chi connectivity index (χ4v) is 5.19. The van der Waals surface area contributed by atoms with Crippen LogP contribution in [0, 0.1) is 11.2 Å². The third-order valence-electron chi connectivity index (χ3n) is 7.23. The van der Waals surface area contributed by atoms with Crippen LogP contribution in [0.25, 0.3) is 11.1 Å². The fraction of sp³-hybridized carbons (Fsp3) is 0.360. The average molecular weight is 480 g/mol. The summed E-state index contributed by atoms with van der Waals surface area (Å²) in [6, 6.07) is 11.6. The quantitative estimate of drug-likeness (QED) is 0.549. The second-order valence-corrected chi connectivity index (χ2v) is 9.41. The molecule has 9 nitrogen and oxygen atoms in total. The lowest BCUT2D eigenvalue weighted by Crippen LogP contribution is -2.56. The maximum atomic E-state index is 13.2. The van der Waals surface area contributed by atoms with Crippen LogP contribution in [0.1, 0.15) is 41.9 Å². The highest BCUT2D eigenvalue weighted by Crippen LogP contribution is 2.51. The number of carbonyl (C=O) groups is 2. The van der Waals surface area contributed by atoms with Crippen molar-refractivity contribution in [3.63, 3.8) is 0 Å². The van der Waals surface area contributed by atoms with Gasteiger partial charge in [-0.1, -0.05) is 17.3 Å². The van der Waals surface area contributed by atoms with Crippen molar-refractivity contribution in [2.24, 2.45) is 11.1 Å². The summed E-state index contributed by atoms with van der Waals surface area (Å²) < 4.78 is 18.2. The molecule has 0 atom stereocenters. The van der Waals surface area contributed by atoms with Crippen LogP contribution in [-0.2, 0) is 6.54 Å². The van der Waals surface area contributed by atoms with Crippen LogP contribution in [0.2, 0.25) is 0 Å². The molecule has 2 aromatic heterocycles. The van der Waals surface area contributed by atoms with Crippen molar-refractivity contribution in [3.05, 3.63) is 65.9 Å². The van der Waals surface area contributed by atoms with E-state index in [1.165, 1.54) is 23.1 Å². The number of pyridine rings is 1. The zero-order valence-electron chi connectivity index (χ0n) is 19.1. The van der Waals surface area contributed by atoms with Gasteiger partial charge in [0.1, 0.15) is 11.6 Å². The van der Waals surface area contributed by atoms with Gasteiger partial charge in [0.15, 0.2) is 11.5 Å². The standard InChI is InChI=1S/C25H26FN5O4/c26-18-4-1-16(2-5-18)17-3-6-22(28-14-17)30-9-7-25(8-10-30)12-19(13-25)31(24(33)34)15-20-11-21(23(27)32)29-35-20/h1-6,11,14,19H,7-10,12-13,15H2,(H2,27,32)(H,33,34). The third-order valence-corrected chi connectivity index (χ3v) is 7.23. The Morgan fingerprint density at radius 1 is 1.14 bits per heavy atom. The van der Waals surface area contributed by atoms with Gasteiger partial charge >= 0.3 is 6.09 Å². The summed E-state index contributed by atoms with van der Waals surface area (Å²) in [7, 11) is 0. The van der Waals surface area contributed by atoms with Crippen molar-refractivity contribution in [3.8, 4) is 11.1 Å². The Kier molecular flexibility index (Phi) is 5.88. The van der Waals surface area contributed by atoms with Gasteiger partial charge in [-0.25, -0.2) is 14.2 Å². The molecule has 1 aliphatic carbocycles. The van der Waals surface area contributed by atoms with Crippen molar-refractivity contribution in [1.82, 2.24) is 15.0 Å². The van der Waals surface area contributed by atoms with Crippen LogP contribution >= 0.6 is 0 Å². The predicted molar refractivity (Wildman–Crippen MR) is 125 cm³/mol. The minimum absolute atomic E-state index is 0.0119. The molecule has 5 rings (SSSR count). The molecule has 0 unspecified atom stereocenters. The number of carboxylic acid groups (broad SMARTS) is 1. The monoisotopic (exact) mass is 479 g/mol. The summed E-state index contributed by atoms with van der Waals surface area (Å²) in [6.07, 6.45) is 4.30. The summed E-state index contributed by atoms with van der Waals surface area (Å²) in [5.74, 6) is 0.229. The Balaban J connectivity index is 1.16. The van der Waals surface area contributed by atoms with Gasteiger partial charge in [0.25, 0.3) is 5.91 Å². The SMILES string of the molecule is NC(=O)c1cc(CN(C(=O)O)C2CC3(CCN(c4ccc(-c5ccc(F)cc5)cn4)CC3)C2)on1. The van der Waals surface area contributed by atoms with Crippen LogP contribution in [-0.4, -0.2) is 51.3 Å². The number of rotatable bonds is 6. The lowest BCUT2D eigenvalue weighted by molar-refractivity contribution is -0.0149. The van der Waals surface area contributed by atoms with E-state index in [-0.39, 0.29) is 29.5 Å². The molecule has 10 heteroatoms. The van der Waals surface area contributed by atoms with Crippen molar-refractivity contribution >= 4 is 17.8 Å². The van der Waals surface area contributed by atoms with E-state index in [4.69, 9.17) is 10.3 Å². The second-order valence-electron chi connectivity index (χ2n) is 9.41. The molecule has 3 heterocycles. The molecule has 2 amide bonds. The molecule has 2 aliphatic rings. The predicted octanol–water partition coefficient (Wildman–Crippen LogP) is 3.90. The number of halogens is 1. The number of hydrogen-bond donors (Lipinski definition) is 2. The zero-order valence-corrected chi connectivity index (χ0v) is 19.1. The molecule has 1 spiro atoms. The van der Waals surface area contributed by atoms with E-state index in [0.29, 0.717) is 5.76 Å². The Labute approximate surface area is 201 Å². The number of benzene rings is 1. The second kappa shape index (κ2) is 9.01. The number of hydrogen-bond acceptors (Lipinski definition) is 6. The lowest BCUT2D eigenvalue weighted by atomic mass is 9.60. The van der Waals surface area contributed by atoms with Gasteiger partial charge < -0.3 is 20.3 Å². The van der Waals surface area contributed by atoms with Crippen LogP contribution in [0.5, 0.6) is 0 Å². The summed E-state index contributed by atoms with van der Waals surface area (Å²) in [5.41, 5.74) is 7.16. The van der Waals surface area contributed by atoms with Crippen molar-refractivity contribution in [2.75, 3.05) is 18.0 Å². The number of anilines is 1. The minimum atomic E-state index is -1.02. The first-order chi connectivity index (χ1) is 16.8. The van der Waals surface area contributed by atoms with E-state index in [2.05, 4.69) is 15.0 Å². The molecule has 3 N–H and O–H groups in total. The molecule has 1 aliphatic heterocycles. The number of nitrogens with two attached hydrogens (primary N) is 1. The highest BCUT2D eigenvalue weighted by Gasteiger charge is 2.49. The first kappa shape index (κ1) is 22.8. The molecule has 182 valence electrons. The van der Waals surface area contributed by atoms with Gasteiger partial charge in [-0.3, -0.25) is 9.69 Å². The van der Waals surface area contributed by atoms with E-state index >= 15 is 0 Å². The number of amides is 2. The van der Waals surface area contributed by atoms with Crippen molar-refractivity contribution in [1.29, 1.82) is 0 Å². The average Bonchev–Trinajstić information content (AvgIpc) is 3.31. The Bertz CT molecular complexity index is 1210. The van der Waals surface area contributed by atoms with Crippen molar-refractivity contribution < 1.29 is 23.6 Å². The number of aromatic nitrogens is 2. The molecule has 1 saturated heterocycles. The van der Waals surface area contributed by atoms with E-state index in [0.717, 1.165) is 55.7 Å². The number of nitrogens with zero attached hydrogens (tertiary/aromatic N) is 4.